The quantitative estimate of drug-likeness (QED) is 0.733. The van der Waals surface area contributed by atoms with Gasteiger partial charge in [0.25, 0.3) is 0 Å². The molecule has 1 heterocycles. The maximum Gasteiger partial charge on any atom is 0.137 e. The van der Waals surface area contributed by atoms with Crippen molar-refractivity contribution in [2.75, 3.05) is 20.3 Å². The molecule has 0 atom stereocenters. The molecular weight excluding hydrogens is 290 g/mol. The molecule has 0 bridgehead atoms. The highest BCUT2D eigenvalue weighted by atomic mass is 35.5. The number of unbranched alkanes of at least 4 members (excludes halogenated alkanes) is 1. The molecule has 0 amide bonds. The molecule has 0 aliphatic heterocycles. The number of rotatable bonds is 8. The number of aliphatic hydroxyl groups is 1. The third-order valence-corrected chi connectivity index (χ3v) is 3.45. The standard InChI is InChI=1S/C16H20ClNO3/c1-20-16-6-4-12(10-14(16)17)15-7-5-13(21-15)11-18-8-2-3-9-19/h4-7,10,18-19H,2-3,8-9,11H2,1H3. The Kier molecular flexibility index (Phi) is 6.11. The first-order chi connectivity index (χ1) is 10.2. The number of furan rings is 1. The molecule has 0 radical (unpaired) electrons. The van der Waals surface area contributed by atoms with E-state index >= 15 is 0 Å². The summed E-state index contributed by atoms with van der Waals surface area (Å²) in [5.74, 6) is 2.31. The highest BCUT2D eigenvalue weighted by molar-refractivity contribution is 6.32. The van der Waals surface area contributed by atoms with Gasteiger partial charge in [0.15, 0.2) is 0 Å². The van der Waals surface area contributed by atoms with Gasteiger partial charge in [0.1, 0.15) is 17.3 Å². The lowest BCUT2D eigenvalue weighted by Gasteiger charge is -2.04. The molecule has 114 valence electrons. The first-order valence-electron chi connectivity index (χ1n) is 6.99. The molecule has 0 fully saturated rings. The van der Waals surface area contributed by atoms with Gasteiger partial charge in [-0.2, -0.15) is 0 Å². The van der Waals surface area contributed by atoms with Crippen LogP contribution < -0.4 is 10.1 Å². The Bertz CT molecular complexity index is 568. The van der Waals surface area contributed by atoms with E-state index < -0.39 is 0 Å². The van der Waals surface area contributed by atoms with Gasteiger partial charge < -0.3 is 19.6 Å². The van der Waals surface area contributed by atoms with Gasteiger partial charge in [-0.05, 0) is 49.7 Å². The zero-order valence-electron chi connectivity index (χ0n) is 12.1. The van der Waals surface area contributed by atoms with Gasteiger partial charge in [-0.15, -0.1) is 0 Å². The minimum atomic E-state index is 0.241. The van der Waals surface area contributed by atoms with Gasteiger partial charge in [-0.3, -0.25) is 0 Å². The summed E-state index contributed by atoms with van der Waals surface area (Å²) >= 11 is 6.12. The second-order valence-electron chi connectivity index (χ2n) is 4.72. The van der Waals surface area contributed by atoms with E-state index in [9.17, 15) is 0 Å². The molecule has 0 aliphatic rings. The van der Waals surface area contributed by atoms with Gasteiger partial charge in [-0.1, -0.05) is 11.6 Å². The van der Waals surface area contributed by atoms with Gasteiger partial charge in [0.2, 0.25) is 0 Å². The zero-order valence-corrected chi connectivity index (χ0v) is 12.8. The Balaban J connectivity index is 1.94. The molecule has 1 aromatic heterocycles. The molecule has 0 spiro atoms. The summed E-state index contributed by atoms with van der Waals surface area (Å²) in [6.45, 7) is 1.78. The Morgan fingerprint density at radius 2 is 2.10 bits per heavy atom. The van der Waals surface area contributed by atoms with E-state index in [2.05, 4.69) is 5.32 Å². The van der Waals surface area contributed by atoms with Crippen LogP contribution in [0.25, 0.3) is 11.3 Å². The average Bonchev–Trinajstić information content (AvgIpc) is 2.96. The van der Waals surface area contributed by atoms with Crippen molar-refractivity contribution >= 4 is 11.6 Å². The lowest BCUT2D eigenvalue weighted by Crippen LogP contribution is -2.14. The topological polar surface area (TPSA) is 54.6 Å². The van der Waals surface area contributed by atoms with E-state index in [1.807, 2.05) is 30.3 Å². The maximum atomic E-state index is 8.71. The number of benzene rings is 1. The third kappa shape index (κ3) is 4.49. The summed E-state index contributed by atoms with van der Waals surface area (Å²) in [7, 11) is 1.59. The zero-order chi connectivity index (χ0) is 15.1. The minimum Gasteiger partial charge on any atom is -0.495 e. The van der Waals surface area contributed by atoms with Crippen LogP contribution in [0, 0.1) is 0 Å². The van der Waals surface area contributed by atoms with Crippen molar-refractivity contribution in [1.29, 1.82) is 0 Å². The van der Waals surface area contributed by atoms with E-state index in [4.69, 9.17) is 25.9 Å². The fourth-order valence-corrected chi connectivity index (χ4v) is 2.28. The summed E-state index contributed by atoms with van der Waals surface area (Å²) < 4.78 is 10.9. The second kappa shape index (κ2) is 8.08. The van der Waals surface area contributed by atoms with Crippen molar-refractivity contribution in [2.45, 2.75) is 19.4 Å². The average molecular weight is 310 g/mol. The fourth-order valence-electron chi connectivity index (χ4n) is 2.02. The molecule has 0 saturated heterocycles. The van der Waals surface area contributed by atoms with Crippen molar-refractivity contribution in [3.05, 3.63) is 41.1 Å². The van der Waals surface area contributed by atoms with Gasteiger partial charge in [0, 0.05) is 12.2 Å². The molecule has 2 N–H and O–H groups in total. The van der Waals surface area contributed by atoms with Crippen molar-refractivity contribution in [3.63, 3.8) is 0 Å². The number of ether oxygens (including phenoxy) is 1. The van der Waals surface area contributed by atoms with E-state index in [-0.39, 0.29) is 6.61 Å². The van der Waals surface area contributed by atoms with Crippen LogP contribution >= 0.6 is 11.6 Å². The monoisotopic (exact) mass is 309 g/mol. The van der Waals surface area contributed by atoms with Gasteiger partial charge in [0.05, 0.1) is 18.7 Å². The molecule has 2 rings (SSSR count). The molecule has 5 heteroatoms. The van der Waals surface area contributed by atoms with Crippen LogP contribution in [-0.2, 0) is 6.54 Å². The summed E-state index contributed by atoms with van der Waals surface area (Å²) in [4.78, 5) is 0. The number of methoxy groups -OCH3 is 1. The van der Waals surface area contributed by atoms with E-state index in [0.29, 0.717) is 17.3 Å². The predicted molar refractivity (Wildman–Crippen MR) is 83.7 cm³/mol. The third-order valence-electron chi connectivity index (χ3n) is 3.16. The SMILES string of the molecule is COc1ccc(-c2ccc(CNCCCCO)o2)cc1Cl. The van der Waals surface area contributed by atoms with Crippen LogP contribution in [0.15, 0.2) is 34.7 Å². The smallest absolute Gasteiger partial charge is 0.137 e. The van der Waals surface area contributed by atoms with E-state index in [1.165, 1.54) is 0 Å². The minimum absolute atomic E-state index is 0.241. The van der Waals surface area contributed by atoms with Crippen molar-refractivity contribution in [3.8, 4) is 17.1 Å². The lowest BCUT2D eigenvalue weighted by atomic mass is 10.2. The van der Waals surface area contributed by atoms with Gasteiger partial charge in [-0.25, -0.2) is 0 Å². The number of aliphatic hydroxyl groups excluding tert-OH is 1. The number of hydrogen-bond donors (Lipinski definition) is 2. The normalized spacial score (nSPS) is 10.8. The van der Waals surface area contributed by atoms with Crippen LogP contribution in [0.5, 0.6) is 5.75 Å². The Hall–Kier alpha value is -1.49. The summed E-state index contributed by atoms with van der Waals surface area (Å²) in [6, 6.07) is 9.46. The molecule has 0 aliphatic carbocycles. The highest BCUT2D eigenvalue weighted by Gasteiger charge is 2.08. The molecule has 1 aromatic carbocycles. The van der Waals surface area contributed by atoms with Gasteiger partial charge >= 0.3 is 0 Å². The molecule has 2 aromatic rings. The van der Waals surface area contributed by atoms with Crippen molar-refractivity contribution < 1.29 is 14.3 Å². The van der Waals surface area contributed by atoms with Crippen LogP contribution in [-0.4, -0.2) is 25.4 Å². The molecule has 0 unspecified atom stereocenters. The van der Waals surface area contributed by atoms with Crippen LogP contribution in [0.1, 0.15) is 18.6 Å². The lowest BCUT2D eigenvalue weighted by molar-refractivity contribution is 0.283. The van der Waals surface area contributed by atoms with Crippen molar-refractivity contribution in [1.82, 2.24) is 5.32 Å². The largest absolute Gasteiger partial charge is 0.495 e. The molecule has 4 nitrogen and oxygen atoms in total. The Labute approximate surface area is 129 Å². The van der Waals surface area contributed by atoms with Crippen LogP contribution in [0.2, 0.25) is 5.02 Å². The number of halogens is 1. The fraction of sp³-hybridized carbons (Fsp3) is 0.375. The molecule has 0 saturated carbocycles. The Morgan fingerprint density at radius 3 is 2.81 bits per heavy atom. The van der Waals surface area contributed by atoms with Crippen molar-refractivity contribution in [2.24, 2.45) is 0 Å². The number of hydrogen-bond acceptors (Lipinski definition) is 4. The van der Waals surface area contributed by atoms with E-state index in [1.54, 1.807) is 7.11 Å². The van der Waals surface area contributed by atoms with Crippen LogP contribution in [0.4, 0.5) is 0 Å². The molecular formula is C16H20ClNO3. The first-order valence-corrected chi connectivity index (χ1v) is 7.36. The maximum absolute atomic E-state index is 8.71. The molecule has 21 heavy (non-hydrogen) atoms. The predicted octanol–water partition coefficient (Wildman–Crippen LogP) is 3.47. The Morgan fingerprint density at radius 1 is 1.24 bits per heavy atom. The van der Waals surface area contributed by atoms with E-state index in [0.717, 1.165) is 36.5 Å². The van der Waals surface area contributed by atoms with Crippen LogP contribution in [0.3, 0.4) is 0 Å². The first kappa shape index (κ1) is 15.9. The summed E-state index contributed by atoms with van der Waals surface area (Å²) in [5, 5.41) is 12.6. The summed E-state index contributed by atoms with van der Waals surface area (Å²) in [6.07, 6.45) is 1.78. The summed E-state index contributed by atoms with van der Waals surface area (Å²) in [5.41, 5.74) is 0.923. The second-order valence-corrected chi connectivity index (χ2v) is 5.13. The number of nitrogens with one attached hydrogen (secondary N) is 1. The highest BCUT2D eigenvalue weighted by Crippen LogP contribution is 2.31.